The van der Waals surface area contributed by atoms with Gasteiger partial charge in [-0.15, -0.1) is 0 Å². The molecule has 24 heavy (non-hydrogen) atoms. The molecule has 0 unspecified atom stereocenters. The normalized spacial score (nSPS) is 20.0. The smallest absolute Gasteiger partial charge is 0.259 e. The molecule has 0 bridgehead atoms. The van der Waals surface area contributed by atoms with Gasteiger partial charge < -0.3 is 14.6 Å². The first-order chi connectivity index (χ1) is 11.8. The van der Waals surface area contributed by atoms with Crippen LogP contribution in [0, 0.1) is 0 Å². The summed E-state index contributed by atoms with van der Waals surface area (Å²) in [4.78, 5) is 27.1. The number of nitrogens with zero attached hydrogens (tertiary/aromatic N) is 3. The van der Waals surface area contributed by atoms with Gasteiger partial charge in [-0.25, -0.2) is 9.97 Å². The zero-order valence-electron chi connectivity index (χ0n) is 13.9. The summed E-state index contributed by atoms with van der Waals surface area (Å²) < 4.78 is 5.40. The number of carbonyl (C=O) groups is 1. The molecule has 1 atom stereocenters. The van der Waals surface area contributed by atoms with Crippen molar-refractivity contribution >= 4 is 5.91 Å². The molecule has 2 aliphatic rings. The van der Waals surface area contributed by atoms with Crippen molar-refractivity contribution in [2.75, 3.05) is 20.2 Å². The molecule has 1 amide bonds. The van der Waals surface area contributed by atoms with E-state index in [2.05, 4.69) is 15.0 Å². The van der Waals surface area contributed by atoms with E-state index in [1.54, 1.807) is 13.3 Å². The number of fused-ring (bicyclic) bond motifs is 1. The first-order valence-electron chi connectivity index (χ1n) is 8.61. The zero-order chi connectivity index (χ0) is 16.5. The number of hydrogen-bond donors (Lipinski definition) is 1. The largest absolute Gasteiger partial charge is 0.480 e. The summed E-state index contributed by atoms with van der Waals surface area (Å²) in [5.41, 5.74) is 2.87. The lowest BCUT2D eigenvalue weighted by atomic mass is 9.96. The van der Waals surface area contributed by atoms with E-state index in [1.807, 2.05) is 17.2 Å². The highest BCUT2D eigenvalue weighted by molar-refractivity contribution is 5.96. The van der Waals surface area contributed by atoms with Crippen molar-refractivity contribution in [1.29, 1.82) is 0 Å². The third kappa shape index (κ3) is 2.66. The molecule has 126 valence electrons. The molecule has 3 heterocycles. The van der Waals surface area contributed by atoms with Crippen molar-refractivity contribution < 1.29 is 9.53 Å². The van der Waals surface area contributed by atoms with E-state index in [4.69, 9.17) is 4.74 Å². The number of aromatic nitrogens is 3. The van der Waals surface area contributed by atoms with Crippen molar-refractivity contribution in [3.05, 3.63) is 41.1 Å². The van der Waals surface area contributed by atoms with Crippen molar-refractivity contribution in [2.24, 2.45) is 0 Å². The number of piperidine rings is 1. The summed E-state index contributed by atoms with van der Waals surface area (Å²) in [5.74, 6) is 1.71. The van der Waals surface area contributed by atoms with Crippen LogP contribution in [-0.4, -0.2) is 46.0 Å². The number of carbonyl (C=O) groups excluding carboxylic acids is 1. The van der Waals surface area contributed by atoms with E-state index in [-0.39, 0.29) is 11.8 Å². The maximum atomic E-state index is 13.1. The second-order valence-corrected chi connectivity index (χ2v) is 6.57. The van der Waals surface area contributed by atoms with Crippen LogP contribution in [0.2, 0.25) is 0 Å². The minimum absolute atomic E-state index is 0.0188. The molecule has 1 aliphatic heterocycles. The zero-order valence-corrected chi connectivity index (χ0v) is 13.9. The monoisotopic (exact) mass is 326 g/mol. The third-order valence-corrected chi connectivity index (χ3v) is 5.05. The first kappa shape index (κ1) is 15.2. The Morgan fingerprint density at radius 2 is 2.29 bits per heavy atom. The predicted molar refractivity (Wildman–Crippen MR) is 89.3 cm³/mol. The van der Waals surface area contributed by atoms with Gasteiger partial charge in [0.2, 0.25) is 5.88 Å². The molecular formula is C18H22N4O2. The van der Waals surface area contributed by atoms with E-state index in [0.717, 1.165) is 50.2 Å². The van der Waals surface area contributed by atoms with Gasteiger partial charge >= 0.3 is 0 Å². The molecule has 0 aromatic carbocycles. The molecule has 0 spiro atoms. The summed E-state index contributed by atoms with van der Waals surface area (Å²) in [5, 5.41) is 0. The number of nitrogens with one attached hydrogen (secondary N) is 1. The Balaban J connectivity index is 1.59. The van der Waals surface area contributed by atoms with Gasteiger partial charge in [-0.3, -0.25) is 4.79 Å². The van der Waals surface area contributed by atoms with Crippen LogP contribution in [0.25, 0.3) is 0 Å². The standard InChI is InChI=1S/C18H22N4O2/c1-24-17-14(10-12-4-2-6-15(12)21-17)18(23)22-9-3-5-13(11-22)16-19-7-8-20-16/h7-8,10,13H,2-6,9,11H2,1H3,(H,19,20)/t13-/m0/s1. The summed E-state index contributed by atoms with van der Waals surface area (Å²) in [7, 11) is 1.59. The van der Waals surface area contributed by atoms with E-state index >= 15 is 0 Å². The summed E-state index contributed by atoms with van der Waals surface area (Å²) in [6.07, 6.45) is 8.72. The van der Waals surface area contributed by atoms with Gasteiger partial charge in [0.1, 0.15) is 11.4 Å². The van der Waals surface area contributed by atoms with Crippen LogP contribution < -0.4 is 4.74 Å². The Morgan fingerprint density at radius 3 is 3.08 bits per heavy atom. The van der Waals surface area contributed by atoms with Crippen molar-refractivity contribution in [2.45, 2.75) is 38.0 Å². The number of aryl methyl sites for hydroxylation is 2. The number of imidazole rings is 1. The average molecular weight is 326 g/mol. The van der Waals surface area contributed by atoms with Crippen LogP contribution in [0.3, 0.4) is 0 Å². The molecule has 0 saturated carbocycles. The number of amides is 1. The lowest BCUT2D eigenvalue weighted by molar-refractivity contribution is 0.0700. The Bertz CT molecular complexity index is 742. The van der Waals surface area contributed by atoms with Crippen molar-refractivity contribution in [3.63, 3.8) is 0 Å². The van der Waals surface area contributed by atoms with Crippen LogP contribution in [0.1, 0.15) is 52.6 Å². The van der Waals surface area contributed by atoms with Crippen LogP contribution in [0.15, 0.2) is 18.5 Å². The minimum Gasteiger partial charge on any atom is -0.480 e. The molecule has 1 N–H and O–H groups in total. The van der Waals surface area contributed by atoms with E-state index < -0.39 is 0 Å². The van der Waals surface area contributed by atoms with Gasteiger partial charge in [-0.1, -0.05) is 0 Å². The highest BCUT2D eigenvalue weighted by Gasteiger charge is 2.29. The highest BCUT2D eigenvalue weighted by Crippen LogP contribution is 2.30. The molecule has 4 rings (SSSR count). The van der Waals surface area contributed by atoms with Crippen LogP contribution in [0.5, 0.6) is 5.88 Å². The fraction of sp³-hybridized carbons (Fsp3) is 0.500. The summed E-state index contributed by atoms with van der Waals surface area (Å²) >= 11 is 0. The Labute approximate surface area is 141 Å². The van der Waals surface area contributed by atoms with Crippen molar-refractivity contribution in [3.8, 4) is 5.88 Å². The average Bonchev–Trinajstić information content (AvgIpc) is 3.31. The van der Waals surface area contributed by atoms with Crippen LogP contribution in [-0.2, 0) is 12.8 Å². The predicted octanol–water partition coefficient (Wildman–Crippen LogP) is 2.32. The van der Waals surface area contributed by atoms with Crippen LogP contribution in [0.4, 0.5) is 0 Å². The molecule has 1 saturated heterocycles. The van der Waals surface area contributed by atoms with Gasteiger partial charge in [0.25, 0.3) is 5.91 Å². The van der Waals surface area contributed by atoms with Crippen LogP contribution >= 0.6 is 0 Å². The second kappa shape index (κ2) is 6.26. The Hall–Kier alpha value is -2.37. The number of rotatable bonds is 3. The molecule has 6 nitrogen and oxygen atoms in total. The topological polar surface area (TPSA) is 71.1 Å². The number of pyridine rings is 1. The number of H-pyrrole nitrogens is 1. The van der Waals surface area contributed by atoms with E-state index in [0.29, 0.717) is 18.0 Å². The second-order valence-electron chi connectivity index (χ2n) is 6.57. The number of aromatic amines is 1. The maximum absolute atomic E-state index is 13.1. The van der Waals surface area contributed by atoms with Gasteiger partial charge in [-0.2, -0.15) is 0 Å². The van der Waals surface area contributed by atoms with Gasteiger partial charge in [0.15, 0.2) is 0 Å². The molecule has 1 fully saturated rings. The molecule has 6 heteroatoms. The number of hydrogen-bond acceptors (Lipinski definition) is 4. The molecular weight excluding hydrogens is 304 g/mol. The quantitative estimate of drug-likeness (QED) is 0.939. The highest BCUT2D eigenvalue weighted by atomic mass is 16.5. The Morgan fingerprint density at radius 1 is 1.38 bits per heavy atom. The molecule has 2 aromatic rings. The van der Waals surface area contributed by atoms with Gasteiger partial charge in [0.05, 0.1) is 7.11 Å². The van der Waals surface area contributed by atoms with Crippen molar-refractivity contribution in [1.82, 2.24) is 19.9 Å². The third-order valence-electron chi connectivity index (χ3n) is 5.05. The molecule has 1 aliphatic carbocycles. The lowest BCUT2D eigenvalue weighted by Gasteiger charge is -2.32. The van der Waals surface area contributed by atoms with E-state index in [1.165, 1.54) is 5.56 Å². The molecule has 0 radical (unpaired) electrons. The minimum atomic E-state index is 0.0188. The number of likely N-dealkylation sites (tertiary alicyclic amines) is 1. The summed E-state index contributed by atoms with van der Waals surface area (Å²) in [6.45, 7) is 1.46. The number of methoxy groups -OCH3 is 1. The van der Waals surface area contributed by atoms with Gasteiger partial charge in [-0.05, 0) is 43.7 Å². The SMILES string of the molecule is COc1nc2c(cc1C(=O)N1CCC[C@H](c3ncc[nH]3)C1)CCC2. The first-order valence-corrected chi connectivity index (χ1v) is 8.61. The molecule has 2 aromatic heterocycles. The Kier molecular flexibility index (Phi) is 3.96. The summed E-state index contributed by atoms with van der Waals surface area (Å²) in [6, 6.07) is 1.99. The van der Waals surface area contributed by atoms with E-state index in [9.17, 15) is 4.79 Å². The number of ether oxygens (including phenoxy) is 1. The fourth-order valence-corrected chi connectivity index (χ4v) is 3.82. The van der Waals surface area contributed by atoms with Gasteiger partial charge in [0, 0.05) is 37.1 Å². The lowest BCUT2D eigenvalue weighted by Crippen LogP contribution is -2.39. The maximum Gasteiger partial charge on any atom is 0.259 e. The fourth-order valence-electron chi connectivity index (χ4n) is 3.82.